The van der Waals surface area contributed by atoms with Crippen LogP contribution in [0.4, 0.5) is 5.69 Å². The maximum Gasteiger partial charge on any atom is 0.251 e. The zero-order valence-electron chi connectivity index (χ0n) is 15.3. The number of carbonyl (C=O) groups excluding carboxylic acids is 2. The fourth-order valence-corrected chi connectivity index (χ4v) is 2.79. The van der Waals surface area contributed by atoms with Crippen molar-refractivity contribution in [1.29, 1.82) is 0 Å². The van der Waals surface area contributed by atoms with Crippen LogP contribution in [0.15, 0.2) is 24.3 Å². The summed E-state index contributed by atoms with van der Waals surface area (Å²) in [7, 11) is 1.87. The molecule has 1 heterocycles. The highest BCUT2D eigenvalue weighted by atomic mass is 35.5. The molecule has 2 rings (SSSR count). The minimum Gasteiger partial charge on any atom is -0.351 e. The Hall–Kier alpha value is -1.34. The third-order valence-corrected chi connectivity index (χ3v) is 4.17. The van der Waals surface area contributed by atoms with Crippen LogP contribution < -0.4 is 16.0 Å². The molecule has 1 aliphatic rings. The number of rotatable bonds is 9. The number of likely N-dealkylation sites (tertiary alicyclic amines) is 1. The maximum absolute atomic E-state index is 12.1. The zero-order valence-corrected chi connectivity index (χ0v) is 16.9. The van der Waals surface area contributed by atoms with Gasteiger partial charge in [0.2, 0.25) is 5.91 Å². The fraction of sp³-hybridized carbons (Fsp3) is 0.556. The molecule has 2 amide bonds. The van der Waals surface area contributed by atoms with Gasteiger partial charge in [-0.2, -0.15) is 0 Å². The number of nitrogens with one attached hydrogen (secondary N) is 3. The second kappa shape index (κ2) is 13.8. The van der Waals surface area contributed by atoms with E-state index in [4.69, 9.17) is 0 Å². The first-order valence-electron chi connectivity index (χ1n) is 8.74. The minimum absolute atomic E-state index is 0. The van der Waals surface area contributed by atoms with Gasteiger partial charge in [-0.3, -0.25) is 9.59 Å². The Balaban J connectivity index is 0.00000312. The van der Waals surface area contributed by atoms with E-state index in [-0.39, 0.29) is 36.6 Å². The van der Waals surface area contributed by atoms with E-state index in [1.165, 1.54) is 12.8 Å². The molecule has 1 fully saturated rings. The molecule has 0 spiro atoms. The molecule has 0 saturated carbocycles. The van der Waals surface area contributed by atoms with Crippen molar-refractivity contribution in [2.75, 3.05) is 45.1 Å². The summed E-state index contributed by atoms with van der Waals surface area (Å²) in [4.78, 5) is 26.2. The zero-order chi connectivity index (χ0) is 17.2. The molecule has 0 atom stereocenters. The van der Waals surface area contributed by atoms with Gasteiger partial charge in [0.25, 0.3) is 5.91 Å². The van der Waals surface area contributed by atoms with Crippen molar-refractivity contribution in [2.45, 2.75) is 25.7 Å². The van der Waals surface area contributed by atoms with Crippen molar-refractivity contribution < 1.29 is 9.59 Å². The van der Waals surface area contributed by atoms with Crippen LogP contribution in [-0.2, 0) is 4.79 Å². The number of carbonyl (C=O) groups is 2. The molecule has 1 aliphatic heterocycles. The van der Waals surface area contributed by atoms with Crippen LogP contribution in [0.5, 0.6) is 0 Å². The van der Waals surface area contributed by atoms with E-state index in [1.807, 2.05) is 7.05 Å². The van der Waals surface area contributed by atoms with Crippen molar-refractivity contribution >= 4 is 42.3 Å². The standard InChI is InChI=1S/C18H28N4O2.2ClH/c1-19-10-4-5-17(23)21-16-8-6-15(7-9-16)18(24)20-11-14-22-12-2-3-13-22;;/h6-9,19H,2-5,10-14H2,1H3,(H,20,24)(H,21,23);2*1H. The van der Waals surface area contributed by atoms with E-state index in [2.05, 4.69) is 20.9 Å². The number of amides is 2. The van der Waals surface area contributed by atoms with Crippen molar-refractivity contribution in [3.8, 4) is 0 Å². The maximum atomic E-state index is 12.1. The average molecular weight is 405 g/mol. The normalized spacial score (nSPS) is 13.4. The molecule has 0 unspecified atom stereocenters. The Morgan fingerprint density at radius 2 is 1.69 bits per heavy atom. The molecule has 148 valence electrons. The van der Waals surface area contributed by atoms with Crippen LogP contribution in [-0.4, -0.2) is 56.5 Å². The van der Waals surface area contributed by atoms with Crippen LogP contribution in [0.3, 0.4) is 0 Å². The Morgan fingerprint density at radius 1 is 1.04 bits per heavy atom. The van der Waals surface area contributed by atoms with Crippen LogP contribution in [0.25, 0.3) is 0 Å². The van der Waals surface area contributed by atoms with E-state index in [0.29, 0.717) is 18.5 Å². The molecule has 3 N–H and O–H groups in total. The first kappa shape index (κ1) is 24.7. The highest BCUT2D eigenvalue weighted by Gasteiger charge is 2.11. The summed E-state index contributed by atoms with van der Waals surface area (Å²) < 4.78 is 0. The lowest BCUT2D eigenvalue weighted by Crippen LogP contribution is -2.33. The van der Waals surface area contributed by atoms with Gasteiger partial charge >= 0.3 is 0 Å². The largest absolute Gasteiger partial charge is 0.351 e. The smallest absolute Gasteiger partial charge is 0.251 e. The van der Waals surface area contributed by atoms with Gasteiger partial charge in [-0.05, 0) is 70.2 Å². The number of hydrogen-bond acceptors (Lipinski definition) is 4. The predicted molar refractivity (Wildman–Crippen MR) is 111 cm³/mol. The molecule has 6 nitrogen and oxygen atoms in total. The van der Waals surface area contributed by atoms with Crippen LogP contribution in [0.1, 0.15) is 36.0 Å². The molecule has 0 aromatic heterocycles. The topological polar surface area (TPSA) is 73.5 Å². The fourth-order valence-electron chi connectivity index (χ4n) is 2.79. The Bertz CT molecular complexity index is 534. The molecule has 0 bridgehead atoms. The molecule has 26 heavy (non-hydrogen) atoms. The predicted octanol–water partition coefficient (Wildman–Crippen LogP) is 2.29. The van der Waals surface area contributed by atoms with Gasteiger partial charge in [0.1, 0.15) is 0 Å². The minimum atomic E-state index is -0.0684. The molecule has 1 aromatic carbocycles. The Morgan fingerprint density at radius 3 is 2.31 bits per heavy atom. The molecule has 1 aromatic rings. The summed E-state index contributed by atoms with van der Waals surface area (Å²) in [5, 5.41) is 8.80. The van der Waals surface area contributed by atoms with Gasteiger partial charge in [-0.1, -0.05) is 0 Å². The first-order chi connectivity index (χ1) is 11.7. The number of benzene rings is 1. The second-order valence-corrected chi connectivity index (χ2v) is 6.14. The van der Waals surface area contributed by atoms with E-state index in [9.17, 15) is 9.59 Å². The van der Waals surface area contributed by atoms with E-state index >= 15 is 0 Å². The van der Waals surface area contributed by atoms with E-state index < -0.39 is 0 Å². The van der Waals surface area contributed by atoms with Crippen LogP contribution in [0.2, 0.25) is 0 Å². The third kappa shape index (κ3) is 8.85. The van der Waals surface area contributed by atoms with Crippen molar-refractivity contribution in [3.63, 3.8) is 0 Å². The van der Waals surface area contributed by atoms with Crippen LogP contribution in [0, 0.1) is 0 Å². The number of nitrogens with zero attached hydrogens (tertiary/aromatic N) is 1. The van der Waals surface area contributed by atoms with Gasteiger partial charge in [0, 0.05) is 30.8 Å². The molecule has 0 aliphatic carbocycles. The molecule has 8 heteroatoms. The Kier molecular flexibility index (Phi) is 13.1. The number of hydrogen-bond donors (Lipinski definition) is 3. The highest BCUT2D eigenvalue weighted by molar-refractivity contribution is 5.95. The lowest BCUT2D eigenvalue weighted by Gasteiger charge is -2.14. The quantitative estimate of drug-likeness (QED) is 0.552. The summed E-state index contributed by atoms with van der Waals surface area (Å²) in [6, 6.07) is 7.03. The summed E-state index contributed by atoms with van der Waals surface area (Å²) >= 11 is 0. The van der Waals surface area contributed by atoms with Gasteiger partial charge in [-0.25, -0.2) is 0 Å². The van der Waals surface area contributed by atoms with Gasteiger partial charge in [0.15, 0.2) is 0 Å². The van der Waals surface area contributed by atoms with Gasteiger partial charge in [0.05, 0.1) is 0 Å². The van der Waals surface area contributed by atoms with Gasteiger partial charge in [-0.15, -0.1) is 24.8 Å². The van der Waals surface area contributed by atoms with Gasteiger partial charge < -0.3 is 20.9 Å². The number of anilines is 1. The van der Waals surface area contributed by atoms with Crippen LogP contribution >= 0.6 is 24.8 Å². The highest BCUT2D eigenvalue weighted by Crippen LogP contribution is 2.10. The summed E-state index contributed by atoms with van der Waals surface area (Å²) in [5.74, 6) is -0.0749. The number of halogens is 2. The summed E-state index contributed by atoms with van der Waals surface area (Å²) in [5.41, 5.74) is 1.34. The van der Waals surface area contributed by atoms with Crippen molar-refractivity contribution in [1.82, 2.24) is 15.5 Å². The average Bonchev–Trinajstić information content (AvgIpc) is 3.09. The van der Waals surface area contributed by atoms with E-state index in [0.717, 1.165) is 38.3 Å². The molecular weight excluding hydrogens is 375 g/mol. The molecule has 1 saturated heterocycles. The van der Waals surface area contributed by atoms with E-state index in [1.54, 1.807) is 24.3 Å². The SMILES string of the molecule is CNCCCC(=O)Nc1ccc(C(=O)NCCN2CCCC2)cc1.Cl.Cl. The molecular formula is C18H30Cl2N4O2. The first-order valence-corrected chi connectivity index (χ1v) is 8.74. The van der Waals surface area contributed by atoms with Crippen molar-refractivity contribution in [3.05, 3.63) is 29.8 Å². The summed E-state index contributed by atoms with van der Waals surface area (Å²) in [6.07, 6.45) is 3.81. The molecule has 0 radical (unpaired) electrons. The van der Waals surface area contributed by atoms with Crippen molar-refractivity contribution in [2.24, 2.45) is 0 Å². The Labute approximate surface area is 168 Å². The lowest BCUT2D eigenvalue weighted by molar-refractivity contribution is -0.116. The lowest BCUT2D eigenvalue weighted by atomic mass is 10.2. The second-order valence-electron chi connectivity index (χ2n) is 6.14. The summed E-state index contributed by atoms with van der Waals surface area (Å²) in [6.45, 7) is 4.68. The monoisotopic (exact) mass is 404 g/mol. The third-order valence-electron chi connectivity index (χ3n) is 4.17.